The number of amides is 1. The fraction of sp³-hybridized carbons (Fsp3) is 0.316. The van der Waals surface area contributed by atoms with Crippen molar-refractivity contribution in [2.24, 2.45) is 11.7 Å². The second kappa shape index (κ2) is 7.29. The first kappa shape index (κ1) is 16.8. The Balaban J connectivity index is 1.32. The van der Waals surface area contributed by atoms with Crippen LogP contribution in [-0.4, -0.2) is 35.6 Å². The first-order valence-corrected chi connectivity index (χ1v) is 9.50. The standard InChI is InChI=1S/C19H20N4O2S/c20-18(24)16-11-14(5-8-21-16)25-12-13-6-9-23(10-7-13)19-22-15-3-1-2-4-17(15)26-19/h1-5,8,11,13H,6-7,9-10,12H2,(H2,20,24). The summed E-state index contributed by atoms with van der Waals surface area (Å²) < 4.78 is 7.08. The van der Waals surface area contributed by atoms with Crippen molar-refractivity contribution in [1.29, 1.82) is 0 Å². The minimum absolute atomic E-state index is 0.230. The number of thiazole rings is 1. The molecule has 7 heteroatoms. The molecule has 0 aliphatic carbocycles. The summed E-state index contributed by atoms with van der Waals surface area (Å²) >= 11 is 1.75. The van der Waals surface area contributed by atoms with E-state index in [1.54, 1.807) is 29.7 Å². The summed E-state index contributed by atoms with van der Waals surface area (Å²) in [6.07, 6.45) is 3.67. The van der Waals surface area contributed by atoms with E-state index in [-0.39, 0.29) is 5.69 Å². The van der Waals surface area contributed by atoms with Gasteiger partial charge < -0.3 is 15.4 Å². The molecule has 3 heterocycles. The zero-order valence-electron chi connectivity index (χ0n) is 14.3. The molecular formula is C19H20N4O2S. The molecule has 2 N–H and O–H groups in total. The van der Waals surface area contributed by atoms with E-state index in [2.05, 4.69) is 28.1 Å². The van der Waals surface area contributed by atoms with E-state index in [4.69, 9.17) is 15.5 Å². The van der Waals surface area contributed by atoms with E-state index in [9.17, 15) is 4.79 Å². The minimum Gasteiger partial charge on any atom is -0.493 e. The molecule has 134 valence electrons. The van der Waals surface area contributed by atoms with E-state index in [0.717, 1.165) is 36.6 Å². The van der Waals surface area contributed by atoms with Gasteiger partial charge >= 0.3 is 0 Å². The van der Waals surface area contributed by atoms with Crippen molar-refractivity contribution in [3.8, 4) is 5.75 Å². The number of anilines is 1. The third-order valence-electron chi connectivity index (χ3n) is 4.64. The molecular weight excluding hydrogens is 348 g/mol. The van der Waals surface area contributed by atoms with Crippen LogP contribution in [0.5, 0.6) is 5.75 Å². The molecule has 0 spiro atoms. The number of piperidine rings is 1. The Morgan fingerprint density at radius 1 is 1.27 bits per heavy atom. The molecule has 3 aromatic rings. The number of pyridine rings is 1. The number of primary amides is 1. The summed E-state index contributed by atoms with van der Waals surface area (Å²) in [5.74, 6) is 0.591. The lowest BCUT2D eigenvalue weighted by Crippen LogP contribution is -2.35. The summed E-state index contributed by atoms with van der Waals surface area (Å²) in [5, 5.41) is 1.10. The molecule has 1 aliphatic rings. The second-order valence-corrected chi connectivity index (χ2v) is 7.46. The minimum atomic E-state index is -0.542. The molecule has 1 amide bonds. The first-order chi connectivity index (χ1) is 12.7. The van der Waals surface area contributed by atoms with Crippen LogP contribution in [0.25, 0.3) is 10.2 Å². The number of nitrogens with two attached hydrogens (primary N) is 1. The lowest BCUT2D eigenvalue weighted by Gasteiger charge is -2.31. The number of para-hydroxylation sites is 1. The summed E-state index contributed by atoms with van der Waals surface area (Å²) in [5.41, 5.74) is 6.55. The van der Waals surface area contributed by atoms with Gasteiger partial charge in [-0.2, -0.15) is 0 Å². The van der Waals surface area contributed by atoms with Crippen molar-refractivity contribution in [3.63, 3.8) is 0 Å². The van der Waals surface area contributed by atoms with Gasteiger partial charge in [-0.3, -0.25) is 9.78 Å². The van der Waals surface area contributed by atoms with E-state index in [0.29, 0.717) is 18.3 Å². The second-order valence-electron chi connectivity index (χ2n) is 6.45. The molecule has 2 aromatic heterocycles. The highest BCUT2D eigenvalue weighted by Gasteiger charge is 2.22. The average Bonchev–Trinajstić information content (AvgIpc) is 3.11. The monoisotopic (exact) mass is 368 g/mol. The third kappa shape index (κ3) is 3.62. The predicted octanol–water partition coefficient (Wildman–Crippen LogP) is 3.09. The van der Waals surface area contributed by atoms with Crippen LogP contribution < -0.4 is 15.4 Å². The predicted molar refractivity (Wildman–Crippen MR) is 103 cm³/mol. The molecule has 1 fully saturated rings. The first-order valence-electron chi connectivity index (χ1n) is 8.68. The SMILES string of the molecule is NC(=O)c1cc(OCC2CCN(c3nc4ccccc4s3)CC2)ccn1. The zero-order chi connectivity index (χ0) is 17.9. The van der Waals surface area contributed by atoms with Crippen LogP contribution in [0.2, 0.25) is 0 Å². The number of carbonyl (C=O) groups is 1. The Bertz CT molecular complexity index is 886. The van der Waals surface area contributed by atoms with Gasteiger partial charge in [0.15, 0.2) is 5.13 Å². The topological polar surface area (TPSA) is 81.3 Å². The molecule has 0 radical (unpaired) electrons. The van der Waals surface area contributed by atoms with Gasteiger partial charge in [0.05, 0.1) is 16.8 Å². The Hall–Kier alpha value is -2.67. The largest absolute Gasteiger partial charge is 0.493 e. The molecule has 1 aromatic carbocycles. The zero-order valence-corrected chi connectivity index (χ0v) is 15.1. The average molecular weight is 368 g/mol. The number of hydrogen-bond acceptors (Lipinski definition) is 6. The van der Waals surface area contributed by atoms with Crippen LogP contribution in [0.4, 0.5) is 5.13 Å². The van der Waals surface area contributed by atoms with Crippen molar-refractivity contribution >= 4 is 32.6 Å². The summed E-state index contributed by atoms with van der Waals surface area (Å²) in [6, 6.07) is 11.6. The number of hydrogen-bond donors (Lipinski definition) is 1. The molecule has 26 heavy (non-hydrogen) atoms. The van der Waals surface area contributed by atoms with Crippen LogP contribution in [0.3, 0.4) is 0 Å². The van der Waals surface area contributed by atoms with Gasteiger partial charge in [-0.1, -0.05) is 23.5 Å². The molecule has 0 bridgehead atoms. The molecule has 0 unspecified atom stereocenters. The fourth-order valence-electron chi connectivity index (χ4n) is 3.14. The number of ether oxygens (including phenoxy) is 1. The molecule has 0 atom stereocenters. The third-order valence-corrected chi connectivity index (χ3v) is 5.73. The maximum atomic E-state index is 11.2. The normalized spacial score (nSPS) is 15.3. The number of nitrogens with zero attached hydrogens (tertiary/aromatic N) is 3. The van der Waals surface area contributed by atoms with Crippen molar-refractivity contribution in [2.75, 3.05) is 24.6 Å². The van der Waals surface area contributed by atoms with Crippen LogP contribution in [0.15, 0.2) is 42.6 Å². The number of aromatic nitrogens is 2. The Morgan fingerprint density at radius 3 is 2.85 bits per heavy atom. The van der Waals surface area contributed by atoms with Crippen molar-refractivity contribution in [3.05, 3.63) is 48.3 Å². The van der Waals surface area contributed by atoms with Gasteiger partial charge in [0.25, 0.3) is 5.91 Å². The van der Waals surface area contributed by atoms with Gasteiger partial charge in [0, 0.05) is 25.4 Å². The highest BCUT2D eigenvalue weighted by molar-refractivity contribution is 7.22. The Morgan fingerprint density at radius 2 is 2.08 bits per heavy atom. The number of rotatable bonds is 5. The number of carbonyl (C=O) groups excluding carboxylic acids is 1. The van der Waals surface area contributed by atoms with Gasteiger partial charge in [0.2, 0.25) is 0 Å². The quantitative estimate of drug-likeness (QED) is 0.748. The summed E-state index contributed by atoms with van der Waals surface area (Å²) in [6.45, 7) is 2.60. The number of fused-ring (bicyclic) bond motifs is 1. The summed E-state index contributed by atoms with van der Waals surface area (Å²) in [4.78, 5) is 22.2. The van der Waals surface area contributed by atoms with Gasteiger partial charge in [-0.05, 0) is 37.0 Å². The lowest BCUT2D eigenvalue weighted by atomic mass is 9.98. The maximum absolute atomic E-state index is 11.2. The molecule has 4 rings (SSSR count). The van der Waals surface area contributed by atoms with E-state index in [1.165, 1.54) is 4.70 Å². The lowest BCUT2D eigenvalue weighted by molar-refractivity contribution is 0.0995. The van der Waals surface area contributed by atoms with Crippen LogP contribution in [0.1, 0.15) is 23.3 Å². The van der Waals surface area contributed by atoms with E-state index >= 15 is 0 Å². The van der Waals surface area contributed by atoms with Gasteiger partial charge in [0.1, 0.15) is 11.4 Å². The van der Waals surface area contributed by atoms with Gasteiger partial charge in [-0.25, -0.2) is 4.98 Å². The fourth-order valence-corrected chi connectivity index (χ4v) is 4.15. The van der Waals surface area contributed by atoms with Crippen molar-refractivity contribution in [2.45, 2.75) is 12.8 Å². The molecule has 1 aliphatic heterocycles. The highest BCUT2D eigenvalue weighted by Crippen LogP contribution is 2.31. The molecule has 0 saturated carbocycles. The van der Waals surface area contributed by atoms with E-state index in [1.807, 2.05) is 6.07 Å². The maximum Gasteiger partial charge on any atom is 0.267 e. The van der Waals surface area contributed by atoms with Crippen molar-refractivity contribution in [1.82, 2.24) is 9.97 Å². The number of benzene rings is 1. The Labute approximate surface area is 155 Å². The van der Waals surface area contributed by atoms with Gasteiger partial charge in [-0.15, -0.1) is 0 Å². The van der Waals surface area contributed by atoms with E-state index < -0.39 is 5.91 Å². The van der Waals surface area contributed by atoms with Crippen LogP contribution in [0, 0.1) is 5.92 Å². The summed E-state index contributed by atoms with van der Waals surface area (Å²) in [7, 11) is 0. The molecule has 6 nitrogen and oxygen atoms in total. The van der Waals surface area contributed by atoms with Crippen LogP contribution in [-0.2, 0) is 0 Å². The van der Waals surface area contributed by atoms with Crippen molar-refractivity contribution < 1.29 is 9.53 Å². The smallest absolute Gasteiger partial charge is 0.267 e. The highest BCUT2D eigenvalue weighted by atomic mass is 32.1. The Kier molecular flexibility index (Phi) is 4.71. The molecule has 1 saturated heterocycles. The van der Waals surface area contributed by atoms with Crippen LogP contribution >= 0.6 is 11.3 Å².